The summed E-state index contributed by atoms with van der Waals surface area (Å²) in [5, 5.41) is 22.7. The molecular formula is C23H22Cl2N6O2. The van der Waals surface area contributed by atoms with Crippen LogP contribution in [0.15, 0.2) is 36.8 Å². The Balaban J connectivity index is 1.45. The van der Waals surface area contributed by atoms with Crippen LogP contribution in [0.3, 0.4) is 0 Å². The van der Waals surface area contributed by atoms with E-state index in [4.69, 9.17) is 23.2 Å². The van der Waals surface area contributed by atoms with Gasteiger partial charge in [-0.1, -0.05) is 29.3 Å². The first kappa shape index (κ1) is 21.9. The number of amides is 1. The molecule has 4 aromatic rings. The molecule has 0 saturated heterocycles. The molecule has 0 bridgehead atoms. The molecule has 0 spiro atoms. The first-order chi connectivity index (χ1) is 15.8. The first-order valence-electron chi connectivity index (χ1n) is 10.6. The standard InChI is InChI=1S/C23H22Cl2N6O2/c1-13-3-4-20-16-9-23(11-32,6-5-19(16)29-30(20)10-13)27-22(33)21-17(24)7-15(8-18(21)25)31-12-26-14(2)28-31/h3-4,7-8,10,12,32H,5-6,9,11H2,1-2H3,(H,27,33). The maximum atomic E-state index is 13.3. The number of hydrogen-bond acceptors (Lipinski definition) is 5. The lowest BCUT2D eigenvalue weighted by Gasteiger charge is -2.36. The monoisotopic (exact) mass is 484 g/mol. The number of carbonyl (C=O) groups is 1. The molecular weight excluding hydrogens is 463 g/mol. The Labute approximate surface area is 200 Å². The van der Waals surface area contributed by atoms with Gasteiger partial charge in [-0.15, -0.1) is 0 Å². The number of nitrogens with one attached hydrogen (secondary N) is 1. The Morgan fingerprint density at radius 1 is 1.21 bits per heavy atom. The Kier molecular flexibility index (Phi) is 5.39. The second-order valence-corrected chi connectivity index (χ2v) is 9.37. The largest absolute Gasteiger partial charge is 0.394 e. The number of hydrogen-bond donors (Lipinski definition) is 2. The first-order valence-corrected chi connectivity index (χ1v) is 11.3. The summed E-state index contributed by atoms with van der Waals surface area (Å²) >= 11 is 12.9. The van der Waals surface area contributed by atoms with Crippen molar-refractivity contribution >= 4 is 34.6 Å². The molecule has 1 amide bonds. The molecule has 2 N–H and O–H groups in total. The Bertz CT molecular complexity index is 1370. The number of benzene rings is 1. The Morgan fingerprint density at radius 3 is 2.64 bits per heavy atom. The quantitative estimate of drug-likeness (QED) is 0.461. The van der Waals surface area contributed by atoms with E-state index in [0.29, 0.717) is 30.8 Å². The van der Waals surface area contributed by atoms with Crippen LogP contribution in [0, 0.1) is 13.8 Å². The van der Waals surface area contributed by atoms with Crippen molar-refractivity contribution in [1.82, 2.24) is 29.7 Å². The molecule has 1 aromatic carbocycles. The van der Waals surface area contributed by atoms with Crippen LogP contribution in [0.2, 0.25) is 10.0 Å². The van der Waals surface area contributed by atoms with E-state index >= 15 is 0 Å². The zero-order valence-electron chi connectivity index (χ0n) is 18.1. The summed E-state index contributed by atoms with van der Waals surface area (Å²) in [7, 11) is 0. The lowest BCUT2D eigenvalue weighted by Crippen LogP contribution is -2.55. The average molecular weight is 485 g/mol. The van der Waals surface area contributed by atoms with Gasteiger partial charge in [0, 0.05) is 18.2 Å². The number of fused-ring (bicyclic) bond motifs is 3. The molecule has 1 aliphatic carbocycles. The molecule has 3 aromatic heterocycles. The number of carbonyl (C=O) groups excluding carboxylic acids is 1. The van der Waals surface area contributed by atoms with E-state index in [2.05, 4.69) is 20.5 Å². The van der Waals surface area contributed by atoms with Crippen LogP contribution in [0.4, 0.5) is 0 Å². The van der Waals surface area contributed by atoms with E-state index in [-0.39, 0.29) is 22.2 Å². The van der Waals surface area contributed by atoms with Gasteiger partial charge in [-0.25, -0.2) is 14.2 Å². The highest BCUT2D eigenvalue weighted by Gasteiger charge is 2.38. The zero-order valence-corrected chi connectivity index (χ0v) is 19.7. The van der Waals surface area contributed by atoms with Crippen molar-refractivity contribution in [2.75, 3.05) is 6.61 Å². The Morgan fingerprint density at radius 2 is 1.97 bits per heavy atom. The smallest absolute Gasteiger partial charge is 0.254 e. The van der Waals surface area contributed by atoms with Crippen LogP contribution in [0.1, 0.15) is 39.4 Å². The second-order valence-electron chi connectivity index (χ2n) is 8.55. The van der Waals surface area contributed by atoms with Gasteiger partial charge in [0.1, 0.15) is 12.2 Å². The third kappa shape index (κ3) is 3.88. The Hall–Kier alpha value is -2.94. The maximum Gasteiger partial charge on any atom is 0.254 e. The van der Waals surface area contributed by atoms with Gasteiger partial charge in [0.15, 0.2) is 0 Å². The summed E-state index contributed by atoms with van der Waals surface area (Å²) < 4.78 is 3.41. The summed E-state index contributed by atoms with van der Waals surface area (Å²) in [5.74, 6) is 0.171. The second kappa shape index (κ2) is 8.13. The van der Waals surface area contributed by atoms with Gasteiger partial charge in [0.25, 0.3) is 5.91 Å². The van der Waals surface area contributed by atoms with Gasteiger partial charge in [-0.3, -0.25) is 4.79 Å². The number of aliphatic hydroxyl groups excluding tert-OH is 1. The van der Waals surface area contributed by atoms with E-state index in [1.807, 2.05) is 29.8 Å². The third-order valence-electron chi connectivity index (χ3n) is 6.12. The minimum atomic E-state index is -0.840. The number of aliphatic hydroxyl groups is 1. The van der Waals surface area contributed by atoms with Gasteiger partial charge < -0.3 is 10.4 Å². The minimum Gasteiger partial charge on any atom is -0.394 e. The number of halogens is 2. The van der Waals surface area contributed by atoms with Crippen LogP contribution in [-0.2, 0) is 12.8 Å². The van der Waals surface area contributed by atoms with Gasteiger partial charge in [-0.05, 0) is 50.5 Å². The molecule has 1 aliphatic rings. The van der Waals surface area contributed by atoms with Gasteiger partial charge in [0.2, 0.25) is 0 Å². The predicted molar refractivity (Wildman–Crippen MR) is 125 cm³/mol. The summed E-state index contributed by atoms with van der Waals surface area (Å²) in [6, 6.07) is 7.29. The van der Waals surface area contributed by atoms with E-state index in [1.54, 1.807) is 30.1 Å². The number of aryl methyl sites for hydroxylation is 3. The molecule has 0 radical (unpaired) electrons. The van der Waals surface area contributed by atoms with Crippen molar-refractivity contribution in [3.63, 3.8) is 0 Å². The lowest BCUT2D eigenvalue weighted by atomic mass is 9.80. The van der Waals surface area contributed by atoms with Crippen LogP contribution < -0.4 is 5.32 Å². The molecule has 0 saturated carbocycles. The summed E-state index contributed by atoms with van der Waals surface area (Å²) in [5.41, 5.74) is 4.03. The van der Waals surface area contributed by atoms with Crippen LogP contribution in [0.25, 0.3) is 11.2 Å². The normalized spacial score (nSPS) is 17.8. The van der Waals surface area contributed by atoms with E-state index in [1.165, 1.54) is 0 Å². The average Bonchev–Trinajstić information content (AvgIpc) is 3.35. The highest BCUT2D eigenvalue weighted by molar-refractivity contribution is 6.40. The topological polar surface area (TPSA) is 97.3 Å². The molecule has 170 valence electrons. The van der Waals surface area contributed by atoms with Crippen molar-refractivity contribution in [2.45, 2.75) is 38.6 Å². The number of nitrogens with zero attached hydrogens (tertiary/aromatic N) is 5. The zero-order chi connectivity index (χ0) is 23.3. The van der Waals surface area contributed by atoms with E-state index < -0.39 is 11.4 Å². The lowest BCUT2D eigenvalue weighted by molar-refractivity contribution is 0.0808. The number of aromatic nitrogens is 5. The van der Waals surface area contributed by atoms with Gasteiger partial charge >= 0.3 is 0 Å². The van der Waals surface area contributed by atoms with E-state index in [9.17, 15) is 9.90 Å². The summed E-state index contributed by atoms with van der Waals surface area (Å²) in [4.78, 5) is 17.4. The molecule has 1 atom stereocenters. The fraction of sp³-hybridized carbons (Fsp3) is 0.304. The molecule has 10 heteroatoms. The summed E-state index contributed by atoms with van der Waals surface area (Å²) in [6.07, 6.45) is 5.18. The van der Waals surface area contributed by atoms with Crippen molar-refractivity contribution < 1.29 is 9.90 Å². The third-order valence-corrected chi connectivity index (χ3v) is 6.72. The number of pyridine rings is 1. The fourth-order valence-corrected chi connectivity index (χ4v) is 5.04. The summed E-state index contributed by atoms with van der Waals surface area (Å²) in [6.45, 7) is 3.57. The molecule has 1 unspecified atom stereocenters. The van der Waals surface area contributed by atoms with Crippen molar-refractivity contribution in [1.29, 1.82) is 0 Å². The fourth-order valence-electron chi connectivity index (χ4n) is 4.39. The predicted octanol–water partition coefficient (Wildman–Crippen LogP) is 3.49. The van der Waals surface area contributed by atoms with Crippen molar-refractivity contribution in [3.8, 4) is 5.69 Å². The van der Waals surface area contributed by atoms with Crippen LogP contribution in [-0.4, -0.2) is 47.5 Å². The minimum absolute atomic E-state index is 0.160. The van der Waals surface area contributed by atoms with Crippen LogP contribution in [0.5, 0.6) is 0 Å². The van der Waals surface area contributed by atoms with Gasteiger partial charge in [0.05, 0.1) is 44.7 Å². The number of rotatable bonds is 4. The SMILES string of the molecule is Cc1ccc2c3c(nn2c1)CCC(CO)(NC(=O)c1c(Cl)cc(-n2cnc(C)n2)cc1Cl)C3. The highest BCUT2D eigenvalue weighted by Crippen LogP contribution is 2.33. The highest BCUT2D eigenvalue weighted by atomic mass is 35.5. The van der Waals surface area contributed by atoms with Crippen LogP contribution >= 0.6 is 23.2 Å². The van der Waals surface area contributed by atoms with Gasteiger partial charge in [-0.2, -0.15) is 10.2 Å². The molecule has 0 fully saturated rings. The molecule has 33 heavy (non-hydrogen) atoms. The molecule has 0 aliphatic heterocycles. The molecule has 3 heterocycles. The van der Waals surface area contributed by atoms with E-state index in [0.717, 1.165) is 22.3 Å². The maximum absolute atomic E-state index is 13.3. The van der Waals surface area contributed by atoms with Crippen molar-refractivity contribution in [2.24, 2.45) is 0 Å². The molecule has 5 rings (SSSR count). The molecule has 8 nitrogen and oxygen atoms in total. The van der Waals surface area contributed by atoms with Crippen molar-refractivity contribution in [3.05, 3.63) is 75.0 Å².